The van der Waals surface area contributed by atoms with Crippen LogP contribution in [-0.4, -0.2) is 12.1 Å². The summed E-state index contributed by atoms with van der Waals surface area (Å²) in [6.07, 6.45) is 16.6. The van der Waals surface area contributed by atoms with Crippen molar-refractivity contribution < 1.29 is 0 Å². The summed E-state index contributed by atoms with van der Waals surface area (Å²) < 4.78 is 0. The summed E-state index contributed by atoms with van der Waals surface area (Å²) in [5.41, 5.74) is 1.28. The summed E-state index contributed by atoms with van der Waals surface area (Å²) in [6, 6.07) is 1.48. The van der Waals surface area contributed by atoms with Gasteiger partial charge in [-0.2, -0.15) is 0 Å². The molecule has 0 bridgehead atoms. The van der Waals surface area contributed by atoms with Crippen molar-refractivity contribution in [2.75, 3.05) is 0 Å². The lowest BCUT2D eigenvalue weighted by atomic mass is 9.47. The monoisotopic (exact) mass is 301 g/mol. The van der Waals surface area contributed by atoms with Gasteiger partial charge in [0.1, 0.15) is 0 Å². The molecule has 1 aliphatic heterocycles. The van der Waals surface area contributed by atoms with Gasteiger partial charge < -0.3 is 5.32 Å². The highest BCUT2D eigenvalue weighted by molar-refractivity contribution is 5.09. The quantitative estimate of drug-likeness (QED) is 0.681. The van der Waals surface area contributed by atoms with E-state index >= 15 is 0 Å². The highest BCUT2D eigenvalue weighted by Gasteiger charge is 2.57. The second kappa shape index (κ2) is 5.36. The third kappa shape index (κ3) is 2.14. The molecule has 124 valence electrons. The van der Waals surface area contributed by atoms with Crippen LogP contribution < -0.4 is 5.32 Å². The zero-order valence-electron chi connectivity index (χ0n) is 14.7. The first kappa shape index (κ1) is 15.2. The standard InChI is InChI=1S/C21H35N/c1-4-6-15-10-14-21(3)18-11-13-20(2)12-5-7-17(20)16(18)8-9-19(21)22-15/h4,15-19,22H,1,5-14H2,2-3H3/t15?,16-,17-,18-,19?,20-,21+/m0/s1. The number of piperidine rings is 1. The van der Waals surface area contributed by atoms with Gasteiger partial charge in [-0.3, -0.25) is 0 Å². The Morgan fingerprint density at radius 2 is 1.86 bits per heavy atom. The largest absolute Gasteiger partial charge is 0.310 e. The van der Waals surface area contributed by atoms with Gasteiger partial charge in [-0.05, 0) is 86.4 Å². The van der Waals surface area contributed by atoms with Gasteiger partial charge in [0.15, 0.2) is 0 Å². The van der Waals surface area contributed by atoms with Gasteiger partial charge in [0.05, 0.1) is 0 Å². The Balaban J connectivity index is 1.55. The van der Waals surface area contributed by atoms with Gasteiger partial charge >= 0.3 is 0 Å². The molecule has 0 aromatic heterocycles. The molecule has 1 N–H and O–H groups in total. The van der Waals surface area contributed by atoms with Gasteiger partial charge in [-0.1, -0.05) is 26.3 Å². The molecule has 3 saturated carbocycles. The number of nitrogens with one attached hydrogen (secondary N) is 1. The Bertz CT molecular complexity index is 443. The summed E-state index contributed by atoms with van der Waals surface area (Å²) in [5.74, 6) is 3.09. The number of fused-ring (bicyclic) bond motifs is 5. The molecule has 0 radical (unpaired) electrons. The SMILES string of the molecule is C=CCC1CC[C@@]2(C)C(CC[C@H]3[C@@H]4CCC[C@@]4(C)CC[C@@H]32)N1. The average molecular weight is 302 g/mol. The minimum Gasteiger partial charge on any atom is -0.310 e. The lowest BCUT2D eigenvalue weighted by molar-refractivity contribution is -0.0902. The van der Waals surface area contributed by atoms with Gasteiger partial charge in [0, 0.05) is 12.1 Å². The molecule has 1 heteroatoms. The third-order valence-electron chi connectivity index (χ3n) is 8.57. The Labute approximate surface area is 137 Å². The fraction of sp³-hybridized carbons (Fsp3) is 0.905. The van der Waals surface area contributed by atoms with Crippen LogP contribution in [-0.2, 0) is 0 Å². The van der Waals surface area contributed by atoms with Crippen molar-refractivity contribution in [1.82, 2.24) is 5.32 Å². The molecular formula is C21H35N. The highest BCUT2D eigenvalue weighted by Crippen LogP contribution is 2.64. The zero-order valence-corrected chi connectivity index (χ0v) is 14.7. The van der Waals surface area contributed by atoms with Crippen molar-refractivity contribution in [1.29, 1.82) is 0 Å². The maximum atomic E-state index is 4.03. The predicted molar refractivity (Wildman–Crippen MR) is 93.8 cm³/mol. The first-order valence-corrected chi connectivity index (χ1v) is 9.94. The van der Waals surface area contributed by atoms with E-state index in [-0.39, 0.29) is 0 Å². The van der Waals surface area contributed by atoms with Gasteiger partial charge in [0.2, 0.25) is 0 Å². The first-order chi connectivity index (χ1) is 10.6. The molecule has 1 heterocycles. The van der Waals surface area contributed by atoms with Crippen molar-refractivity contribution in [2.45, 2.75) is 90.1 Å². The van der Waals surface area contributed by atoms with Crippen LogP contribution in [0.5, 0.6) is 0 Å². The van der Waals surface area contributed by atoms with Crippen LogP contribution in [0.2, 0.25) is 0 Å². The minimum atomic E-state index is 0.574. The van der Waals surface area contributed by atoms with Gasteiger partial charge in [-0.15, -0.1) is 6.58 Å². The molecule has 0 spiro atoms. The maximum Gasteiger partial charge on any atom is 0.0126 e. The van der Waals surface area contributed by atoms with E-state index < -0.39 is 0 Å². The smallest absolute Gasteiger partial charge is 0.0126 e. The molecule has 0 aromatic rings. The minimum absolute atomic E-state index is 0.574. The second-order valence-electron chi connectivity index (χ2n) is 9.52. The summed E-state index contributed by atoms with van der Waals surface area (Å²) in [7, 11) is 0. The van der Waals surface area contributed by atoms with Crippen LogP contribution in [0.15, 0.2) is 12.7 Å². The van der Waals surface area contributed by atoms with Crippen LogP contribution in [0.3, 0.4) is 0 Å². The van der Waals surface area contributed by atoms with Gasteiger partial charge in [0.25, 0.3) is 0 Å². The fourth-order valence-corrected chi connectivity index (χ4v) is 7.32. The van der Waals surface area contributed by atoms with Crippen LogP contribution in [0.1, 0.15) is 78.1 Å². The van der Waals surface area contributed by atoms with E-state index in [1.54, 1.807) is 0 Å². The number of hydrogen-bond donors (Lipinski definition) is 1. The molecule has 4 rings (SSSR count). The molecule has 3 aliphatic carbocycles. The number of hydrogen-bond acceptors (Lipinski definition) is 1. The van der Waals surface area contributed by atoms with Crippen LogP contribution >= 0.6 is 0 Å². The van der Waals surface area contributed by atoms with Crippen LogP contribution in [0.25, 0.3) is 0 Å². The van der Waals surface area contributed by atoms with E-state index in [0.29, 0.717) is 16.9 Å². The Morgan fingerprint density at radius 1 is 1.00 bits per heavy atom. The molecule has 1 saturated heterocycles. The topological polar surface area (TPSA) is 12.0 Å². The van der Waals surface area contributed by atoms with E-state index in [9.17, 15) is 0 Å². The maximum absolute atomic E-state index is 4.03. The first-order valence-electron chi connectivity index (χ1n) is 9.94. The Hall–Kier alpha value is -0.300. The van der Waals surface area contributed by atoms with Crippen molar-refractivity contribution >= 4 is 0 Å². The van der Waals surface area contributed by atoms with Crippen LogP contribution in [0, 0.1) is 28.6 Å². The second-order valence-corrected chi connectivity index (χ2v) is 9.52. The Kier molecular flexibility index (Phi) is 3.72. The zero-order chi connectivity index (χ0) is 15.4. The van der Waals surface area contributed by atoms with E-state index in [4.69, 9.17) is 0 Å². The molecule has 7 atom stereocenters. The van der Waals surface area contributed by atoms with Crippen molar-refractivity contribution in [3.63, 3.8) is 0 Å². The lowest BCUT2D eigenvalue weighted by Gasteiger charge is -2.60. The van der Waals surface area contributed by atoms with Crippen molar-refractivity contribution in [3.05, 3.63) is 12.7 Å². The van der Waals surface area contributed by atoms with Gasteiger partial charge in [-0.25, -0.2) is 0 Å². The molecule has 22 heavy (non-hydrogen) atoms. The predicted octanol–water partition coefficient (Wildman–Crippen LogP) is 5.32. The van der Waals surface area contributed by atoms with Crippen LogP contribution in [0.4, 0.5) is 0 Å². The number of rotatable bonds is 2. The summed E-state index contributed by atoms with van der Waals surface area (Å²) in [4.78, 5) is 0. The third-order valence-corrected chi connectivity index (χ3v) is 8.57. The summed E-state index contributed by atoms with van der Waals surface area (Å²) in [5, 5.41) is 4.03. The normalized spacial score (nSPS) is 54.2. The van der Waals surface area contributed by atoms with E-state index in [0.717, 1.165) is 30.2 Å². The van der Waals surface area contributed by atoms with E-state index in [1.807, 2.05) is 0 Å². The summed E-state index contributed by atoms with van der Waals surface area (Å²) >= 11 is 0. The fourth-order valence-electron chi connectivity index (χ4n) is 7.32. The molecule has 1 nitrogen and oxygen atoms in total. The highest BCUT2D eigenvalue weighted by atomic mass is 15.0. The molecule has 2 unspecified atom stereocenters. The van der Waals surface area contributed by atoms with Crippen molar-refractivity contribution in [2.24, 2.45) is 28.6 Å². The van der Waals surface area contributed by atoms with E-state index in [1.165, 1.54) is 57.8 Å². The van der Waals surface area contributed by atoms with Crippen molar-refractivity contribution in [3.8, 4) is 0 Å². The lowest BCUT2D eigenvalue weighted by Crippen LogP contribution is -2.61. The molecule has 0 amide bonds. The summed E-state index contributed by atoms with van der Waals surface area (Å²) in [6.45, 7) is 9.21. The Morgan fingerprint density at radius 3 is 2.68 bits per heavy atom. The molecule has 4 fully saturated rings. The average Bonchev–Trinajstić information content (AvgIpc) is 2.89. The molecule has 4 aliphatic rings. The van der Waals surface area contributed by atoms with E-state index in [2.05, 4.69) is 31.8 Å². The molecular weight excluding hydrogens is 266 g/mol. The molecule has 0 aromatic carbocycles.